The normalized spacial score (nSPS) is 13.4. The Labute approximate surface area is 174 Å². The van der Waals surface area contributed by atoms with Crippen LogP contribution in [0.5, 0.6) is 0 Å². The second-order valence-electron chi connectivity index (χ2n) is 6.99. The largest absolute Gasteiger partial charge is 0.370 e. The predicted molar refractivity (Wildman–Crippen MR) is 115 cm³/mol. The zero-order chi connectivity index (χ0) is 20.8. The fourth-order valence-corrected chi connectivity index (χ4v) is 3.39. The first kappa shape index (κ1) is 19.3. The second kappa shape index (κ2) is 9.01. The highest BCUT2D eigenvalue weighted by molar-refractivity contribution is 6.06. The van der Waals surface area contributed by atoms with Crippen LogP contribution in [0.25, 0.3) is 0 Å². The number of rotatable bonds is 5. The van der Waals surface area contributed by atoms with Crippen molar-refractivity contribution in [1.29, 1.82) is 5.26 Å². The number of nitrogens with one attached hydrogen (secondary N) is 2. The summed E-state index contributed by atoms with van der Waals surface area (Å²) in [7, 11) is 0. The van der Waals surface area contributed by atoms with Gasteiger partial charge in [0.25, 0.3) is 5.91 Å². The van der Waals surface area contributed by atoms with Crippen LogP contribution in [0.1, 0.15) is 35.2 Å². The summed E-state index contributed by atoms with van der Waals surface area (Å²) in [4.78, 5) is 27.7. The number of pyridine rings is 3. The van der Waals surface area contributed by atoms with E-state index in [1.807, 2.05) is 12.1 Å². The van der Waals surface area contributed by atoms with Gasteiger partial charge in [-0.1, -0.05) is 0 Å². The van der Waals surface area contributed by atoms with E-state index >= 15 is 0 Å². The number of nitriles is 1. The number of piperidine rings is 1. The number of hydrogen-bond donors (Lipinski definition) is 2. The molecule has 3 aromatic heterocycles. The molecule has 0 saturated carbocycles. The maximum absolute atomic E-state index is 12.9. The van der Waals surface area contributed by atoms with Gasteiger partial charge in [-0.2, -0.15) is 5.26 Å². The summed E-state index contributed by atoms with van der Waals surface area (Å²) >= 11 is 0. The third-order valence-electron chi connectivity index (χ3n) is 4.91. The topological polar surface area (TPSA) is 107 Å². The molecule has 3 aromatic rings. The van der Waals surface area contributed by atoms with E-state index in [1.165, 1.54) is 12.6 Å². The molecule has 0 radical (unpaired) electrons. The van der Waals surface area contributed by atoms with Crippen molar-refractivity contribution < 1.29 is 4.79 Å². The number of aromatic nitrogens is 3. The number of amides is 1. The summed E-state index contributed by atoms with van der Waals surface area (Å²) in [6, 6.07) is 10.6. The molecule has 0 atom stereocenters. The summed E-state index contributed by atoms with van der Waals surface area (Å²) in [6.07, 6.45) is 10.0. The van der Waals surface area contributed by atoms with Crippen molar-refractivity contribution in [2.45, 2.75) is 19.3 Å². The summed E-state index contributed by atoms with van der Waals surface area (Å²) in [5, 5.41) is 14.9. The molecule has 0 spiro atoms. The first-order valence-electron chi connectivity index (χ1n) is 9.82. The molecule has 8 nitrogen and oxygen atoms in total. The fourth-order valence-electron chi connectivity index (χ4n) is 3.39. The zero-order valence-corrected chi connectivity index (χ0v) is 16.4. The lowest BCUT2D eigenvalue weighted by molar-refractivity contribution is 0.102. The molecule has 1 saturated heterocycles. The number of nitrogens with zero attached hydrogens (tertiary/aromatic N) is 5. The average Bonchev–Trinajstić information content (AvgIpc) is 2.81. The Kier molecular flexibility index (Phi) is 5.80. The maximum Gasteiger partial charge on any atom is 0.255 e. The molecule has 2 N–H and O–H groups in total. The lowest BCUT2D eigenvalue weighted by Crippen LogP contribution is -2.30. The molecule has 1 amide bonds. The van der Waals surface area contributed by atoms with Crippen LogP contribution < -0.4 is 15.5 Å². The minimum atomic E-state index is -0.237. The van der Waals surface area contributed by atoms with E-state index in [9.17, 15) is 4.79 Å². The Morgan fingerprint density at radius 1 is 1.00 bits per heavy atom. The van der Waals surface area contributed by atoms with Crippen molar-refractivity contribution in [3.63, 3.8) is 0 Å². The highest BCUT2D eigenvalue weighted by Gasteiger charge is 2.17. The first-order valence-corrected chi connectivity index (χ1v) is 9.82. The maximum atomic E-state index is 12.9. The van der Waals surface area contributed by atoms with Gasteiger partial charge < -0.3 is 15.5 Å². The van der Waals surface area contributed by atoms with Crippen molar-refractivity contribution >= 4 is 28.9 Å². The lowest BCUT2D eigenvalue weighted by atomic mass is 10.1. The van der Waals surface area contributed by atoms with Crippen LogP contribution in [0.4, 0.5) is 23.0 Å². The van der Waals surface area contributed by atoms with Gasteiger partial charge in [0.2, 0.25) is 0 Å². The van der Waals surface area contributed by atoms with Gasteiger partial charge in [0.15, 0.2) is 0 Å². The van der Waals surface area contributed by atoms with Crippen molar-refractivity contribution in [3.8, 4) is 6.07 Å². The fraction of sp³-hybridized carbons (Fsp3) is 0.227. The summed E-state index contributed by atoms with van der Waals surface area (Å²) in [6.45, 7) is 1.96. The van der Waals surface area contributed by atoms with Crippen LogP contribution in [0, 0.1) is 11.3 Å². The average molecular weight is 399 g/mol. The van der Waals surface area contributed by atoms with E-state index in [-0.39, 0.29) is 5.91 Å². The number of hydrogen-bond acceptors (Lipinski definition) is 7. The third kappa shape index (κ3) is 4.52. The molecular weight excluding hydrogens is 378 g/mol. The third-order valence-corrected chi connectivity index (χ3v) is 4.91. The van der Waals surface area contributed by atoms with E-state index in [2.05, 4.69) is 30.5 Å². The quantitative estimate of drug-likeness (QED) is 0.673. The van der Waals surface area contributed by atoms with Gasteiger partial charge in [-0.25, -0.2) is 9.97 Å². The standard InChI is InChI=1S/C22H21N7O/c23-13-16-4-5-20(26-14-16)28-21-12-17(6-9-25-21)22(30)27-18-15-24-8-7-19(18)29-10-2-1-3-11-29/h4-9,12,14-15H,1-3,10-11H2,(H,27,30)(H,25,26,28). The van der Waals surface area contributed by atoms with Crippen LogP contribution >= 0.6 is 0 Å². The van der Waals surface area contributed by atoms with E-state index in [4.69, 9.17) is 5.26 Å². The van der Waals surface area contributed by atoms with Gasteiger partial charge in [-0.3, -0.25) is 9.78 Å². The molecular formula is C22H21N7O. The molecule has 1 fully saturated rings. The van der Waals surface area contributed by atoms with Crippen molar-refractivity contribution in [2.24, 2.45) is 0 Å². The van der Waals surface area contributed by atoms with Crippen molar-refractivity contribution in [3.05, 3.63) is 66.2 Å². The van der Waals surface area contributed by atoms with Crippen LogP contribution in [-0.4, -0.2) is 33.9 Å². The Balaban J connectivity index is 1.49. The van der Waals surface area contributed by atoms with Gasteiger partial charge >= 0.3 is 0 Å². The Hall–Kier alpha value is -3.99. The van der Waals surface area contributed by atoms with Crippen molar-refractivity contribution in [2.75, 3.05) is 28.6 Å². The van der Waals surface area contributed by atoms with Crippen molar-refractivity contribution in [1.82, 2.24) is 15.0 Å². The second-order valence-corrected chi connectivity index (χ2v) is 6.99. The summed E-state index contributed by atoms with van der Waals surface area (Å²) in [5.41, 5.74) is 2.63. The van der Waals surface area contributed by atoms with Gasteiger partial charge in [0, 0.05) is 37.2 Å². The first-order chi connectivity index (χ1) is 14.7. The summed E-state index contributed by atoms with van der Waals surface area (Å²) < 4.78 is 0. The minimum absolute atomic E-state index is 0.237. The molecule has 150 valence electrons. The van der Waals surface area contributed by atoms with Crippen LogP contribution in [0.2, 0.25) is 0 Å². The summed E-state index contributed by atoms with van der Waals surface area (Å²) in [5.74, 6) is 0.792. The number of carbonyl (C=O) groups excluding carboxylic acids is 1. The highest BCUT2D eigenvalue weighted by atomic mass is 16.1. The van der Waals surface area contributed by atoms with Gasteiger partial charge in [-0.15, -0.1) is 0 Å². The SMILES string of the molecule is N#Cc1ccc(Nc2cc(C(=O)Nc3cnccc3N3CCCCC3)ccn2)nc1. The van der Waals surface area contributed by atoms with Crippen LogP contribution in [0.15, 0.2) is 55.1 Å². The van der Waals surface area contributed by atoms with Gasteiger partial charge in [0.05, 0.1) is 23.1 Å². The van der Waals surface area contributed by atoms with Gasteiger partial charge in [0.1, 0.15) is 17.7 Å². The monoisotopic (exact) mass is 399 g/mol. The molecule has 30 heavy (non-hydrogen) atoms. The minimum Gasteiger partial charge on any atom is -0.370 e. The Bertz CT molecular complexity index is 1070. The Morgan fingerprint density at radius 2 is 1.87 bits per heavy atom. The smallest absolute Gasteiger partial charge is 0.255 e. The van der Waals surface area contributed by atoms with Crippen LogP contribution in [0.3, 0.4) is 0 Å². The van der Waals surface area contributed by atoms with Crippen LogP contribution in [-0.2, 0) is 0 Å². The molecule has 8 heteroatoms. The van der Waals surface area contributed by atoms with E-state index in [0.717, 1.165) is 31.6 Å². The van der Waals surface area contributed by atoms with E-state index in [0.29, 0.717) is 28.5 Å². The zero-order valence-electron chi connectivity index (χ0n) is 16.4. The molecule has 0 bridgehead atoms. The van der Waals surface area contributed by atoms with E-state index in [1.54, 1.807) is 42.9 Å². The molecule has 1 aliphatic heterocycles. The number of carbonyl (C=O) groups is 1. The highest BCUT2D eigenvalue weighted by Crippen LogP contribution is 2.28. The molecule has 0 unspecified atom stereocenters. The molecule has 0 aliphatic carbocycles. The molecule has 4 rings (SSSR count). The Morgan fingerprint density at radius 3 is 2.63 bits per heavy atom. The van der Waals surface area contributed by atoms with Gasteiger partial charge in [-0.05, 0) is 49.6 Å². The molecule has 0 aromatic carbocycles. The lowest BCUT2D eigenvalue weighted by Gasteiger charge is -2.30. The predicted octanol–water partition coefficient (Wildman–Crippen LogP) is 3.73. The molecule has 4 heterocycles. The van der Waals surface area contributed by atoms with E-state index < -0.39 is 0 Å². The molecule has 1 aliphatic rings. The number of anilines is 4.